The van der Waals surface area contributed by atoms with Gasteiger partial charge >= 0.3 is 0 Å². The lowest BCUT2D eigenvalue weighted by molar-refractivity contribution is -0.576. The zero-order chi connectivity index (χ0) is 18.8. The predicted octanol–water partition coefficient (Wildman–Crippen LogP) is 5.94. The van der Waals surface area contributed by atoms with E-state index in [1.807, 2.05) is 11.8 Å². The summed E-state index contributed by atoms with van der Waals surface area (Å²) >= 11 is 1.85. The van der Waals surface area contributed by atoms with Crippen molar-refractivity contribution in [1.29, 1.82) is 0 Å². The molecule has 5 aromatic rings. The summed E-state index contributed by atoms with van der Waals surface area (Å²) in [5.41, 5.74) is 7.32. The normalized spacial score (nSPS) is 12.5. The third kappa shape index (κ3) is 2.26. The van der Waals surface area contributed by atoms with E-state index in [1.54, 1.807) is 0 Å². The molecule has 0 fully saturated rings. The third-order valence-corrected chi connectivity index (χ3v) is 6.49. The molecule has 0 saturated heterocycles. The minimum Gasteiger partial charge on any atom is -0.292 e. The quantitative estimate of drug-likeness (QED) is 0.254. The summed E-state index contributed by atoms with van der Waals surface area (Å²) in [5, 5.41) is 2.54. The van der Waals surface area contributed by atoms with Crippen molar-refractivity contribution >= 4 is 33.6 Å². The lowest BCUT2D eigenvalue weighted by Crippen LogP contribution is -2.32. The van der Waals surface area contributed by atoms with Gasteiger partial charge in [-0.1, -0.05) is 71.4 Å². The van der Waals surface area contributed by atoms with Gasteiger partial charge in [0, 0.05) is 9.79 Å². The van der Waals surface area contributed by atoms with Crippen molar-refractivity contribution in [3.63, 3.8) is 0 Å². The number of imidazole rings is 1. The van der Waals surface area contributed by atoms with E-state index in [1.165, 1.54) is 48.4 Å². The number of hydrogen-bond acceptors (Lipinski definition) is 1. The molecule has 1 aliphatic heterocycles. The summed E-state index contributed by atoms with van der Waals surface area (Å²) < 4.78 is 4.43. The highest BCUT2D eigenvalue weighted by atomic mass is 32.2. The van der Waals surface area contributed by atoms with Crippen LogP contribution in [0.25, 0.3) is 33.2 Å². The summed E-state index contributed by atoms with van der Waals surface area (Å²) in [4.78, 5) is 2.55. The van der Waals surface area contributed by atoms with Gasteiger partial charge in [-0.15, -0.1) is 0 Å². The summed E-state index contributed by atoms with van der Waals surface area (Å²) in [7, 11) is 0. The molecule has 0 saturated carbocycles. The molecule has 0 atom stereocenters. The van der Waals surface area contributed by atoms with Gasteiger partial charge in [-0.05, 0) is 48.9 Å². The van der Waals surface area contributed by atoms with Crippen molar-refractivity contribution in [3.05, 3.63) is 90.3 Å². The largest absolute Gasteiger partial charge is 0.292 e. The maximum atomic E-state index is 3.64. The first-order valence-electron chi connectivity index (χ1n) is 9.46. The Balaban J connectivity index is 1.69. The molecule has 0 radical (unpaired) electrons. The fraction of sp³-hybridized carbons (Fsp3) is 0.0800. The molecule has 0 spiro atoms. The Morgan fingerprint density at radius 1 is 0.786 bits per heavy atom. The molecule has 134 valence electrons. The van der Waals surface area contributed by atoms with E-state index in [0.29, 0.717) is 0 Å². The van der Waals surface area contributed by atoms with Crippen LogP contribution in [-0.2, 0) is 0 Å². The van der Waals surface area contributed by atoms with Gasteiger partial charge < -0.3 is 0 Å². The molecule has 2 nitrogen and oxygen atoms in total. The summed E-state index contributed by atoms with van der Waals surface area (Å²) in [5.74, 6) is 0. The fourth-order valence-corrected chi connectivity index (χ4v) is 5.35. The summed E-state index contributed by atoms with van der Waals surface area (Å²) in [6.07, 6.45) is 3.64. The van der Waals surface area contributed by atoms with E-state index in [9.17, 15) is 0 Å². The molecule has 3 heteroatoms. The van der Waals surface area contributed by atoms with Gasteiger partial charge in [-0.3, -0.25) is 9.13 Å². The molecular weight excluding hydrogens is 360 g/mol. The highest BCUT2D eigenvalue weighted by Gasteiger charge is 2.23. The van der Waals surface area contributed by atoms with Crippen LogP contribution >= 0.6 is 11.8 Å². The lowest BCUT2D eigenvalue weighted by Gasteiger charge is -2.18. The minimum atomic E-state index is 1.16. The Hall–Kier alpha value is -3.04. The molecule has 0 aliphatic carbocycles. The molecular formula is C25H18N2S. The highest BCUT2D eigenvalue weighted by Crippen LogP contribution is 2.41. The van der Waals surface area contributed by atoms with Crippen LogP contribution in [0, 0.1) is 20.2 Å². The first kappa shape index (κ1) is 16.0. The van der Waals surface area contributed by atoms with Gasteiger partial charge in [0.15, 0.2) is 0 Å². The Kier molecular flexibility index (Phi) is 3.27. The minimum absolute atomic E-state index is 1.16. The molecule has 1 aliphatic rings. The van der Waals surface area contributed by atoms with Crippen molar-refractivity contribution < 1.29 is 4.57 Å². The molecule has 28 heavy (non-hydrogen) atoms. The molecule has 2 heterocycles. The second kappa shape index (κ2) is 5.73. The highest BCUT2D eigenvalue weighted by molar-refractivity contribution is 7.99. The first-order chi connectivity index (χ1) is 13.7. The van der Waals surface area contributed by atoms with Crippen LogP contribution in [-0.4, -0.2) is 4.57 Å². The van der Waals surface area contributed by atoms with Crippen LogP contribution in [0.2, 0.25) is 0 Å². The van der Waals surface area contributed by atoms with Crippen LogP contribution < -0.4 is 4.57 Å². The predicted molar refractivity (Wildman–Crippen MR) is 115 cm³/mol. The Bertz CT molecular complexity index is 1390. The number of nitrogens with zero attached hydrogens (tertiary/aromatic N) is 2. The SMILES string of the molecule is Cc1cc(C)cc(-n2[c-][n+]3c4c(cccc42)Sc2cc4ccccc4cc2-3)c1. The summed E-state index contributed by atoms with van der Waals surface area (Å²) in [6, 6.07) is 26.4. The average molecular weight is 379 g/mol. The van der Waals surface area contributed by atoms with Gasteiger partial charge in [0.25, 0.3) is 6.33 Å². The van der Waals surface area contributed by atoms with Gasteiger partial charge in [0.1, 0.15) is 0 Å². The van der Waals surface area contributed by atoms with Gasteiger partial charge in [-0.25, -0.2) is 0 Å². The Morgan fingerprint density at radius 2 is 1.54 bits per heavy atom. The number of benzene rings is 4. The van der Waals surface area contributed by atoms with Crippen molar-refractivity contribution in [2.24, 2.45) is 0 Å². The monoisotopic (exact) mass is 378 g/mol. The van der Waals surface area contributed by atoms with Crippen LogP contribution in [0.5, 0.6) is 0 Å². The standard InChI is InChI=1S/C25H18N2S/c1-16-10-17(2)12-20(11-16)26-15-27-22-13-18-6-3-4-7-19(18)14-24(22)28-23-9-5-8-21(26)25(23)27/h3-14H,1-2H3. The zero-order valence-corrected chi connectivity index (χ0v) is 16.5. The number of rotatable bonds is 1. The van der Waals surface area contributed by atoms with Crippen molar-refractivity contribution in [2.45, 2.75) is 23.6 Å². The molecule has 0 bridgehead atoms. The van der Waals surface area contributed by atoms with Crippen molar-refractivity contribution in [3.8, 4) is 11.4 Å². The van der Waals surface area contributed by atoms with E-state index in [4.69, 9.17) is 0 Å². The van der Waals surface area contributed by atoms with Gasteiger partial charge in [0.2, 0.25) is 0 Å². The molecule has 0 unspecified atom stereocenters. The summed E-state index contributed by atoms with van der Waals surface area (Å²) in [6.45, 7) is 4.30. The molecule has 6 rings (SSSR count). The zero-order valence-electron chi connectivity index (χ0n) is 15.7. The number of aryl methyl sites for hydroxylation is 2. The van der Waals surface area contributed by atoms with E-state index in [2.05, 4.69) is 102 Å². The van der Waals surface area contributed by atoms with Crippen LogP contribution in [0.1, 0.15) is 11.1 Å². The Morgan fingerprint density at radius 3 is 2.32 bits per heavy atom. The number of para-hydroxylation sites is 1. The number of aromatic nitrogens is 2. The van der Waals surface area contributed by atoms with Gasteiger partial charge in [-0.2, -0.15) is 0 Å². The first-order valence-corrected chi connectivity index (χ1v) is 10.3. The fourth-order valence-electron chi connectivity index (χ4n) is 4.24. The number of hydrogen-bond donors (Lipinski definition) is 0. The van der Waals surface area contributed by atoms with E-state index in [0.717, 1.165) is 5.69 Å². The van der Waals surface area contributed by atoms with E-state index >= 15 is 0 Å². The van der Waals surface area contributed by atoms with Crippen molar-refractivity contribution in [2.75, 3.05) is 0 Å². The second-order valence-corrected chi connectivity index (χ2v) is 8.59. The van der Waals surface area contributed by atoms with Crippen LogP contribution in [0.4, 0.5) is 0 Å². The third-order valence-electron chi connectivity index (χ3n) is 5.39. The number of fused-ring (bicyclic) bond motifs is 3. The van der Waals surface area contributed by atoms with E-state index in [-0.39, 0.29) is 0 Å². The molecule has 0 amide bonds. The second-order valence-electron chi connectivity index (χ2n) is 7.51. The molecule has 4 aromatic carbocycles. The smallest absolute Gasteiger partial charge is 0.269 e. The maximum absolute atomic E-state index is 3.64. The van der Waals surface area contributed by atoms with E-state index < -0.39 is 0 Å². The topological polar surface area (TPSA) is 8.81 Å². The Labute approximate surface area is 168 Å². The maximum Gasteiger partial charge on any atom is 0.269 e. The average Bonchev–Trinajstić information content (AvgIpc) is 3.08. The molecule has 0 N–H and O–H groups in total. The van der Waals surface area contributed by atoms with Crippen LogP contribution in [0.3, 0.4) is 0 Å². The van der Waals surface area contributed by atoms with Gasteiger partial charge in [0.05, 0.1) is 22.4 Å². The van der Waals surface area contributed by atoms with Crippen molar-refractivity contribution in [1.82, 2.24) is 4.57 Å². The lowest BCUT2D eigenvalue weighted by atomic mass is 10.1. The molecule has 1 aromatic heterocycles. The van der Waals surface area contributed by atoms with Crippen LogP contribution in [0.15, 0.2) is 82.6 Å².